The van der Waals surface area contributed by atoms with Crippen LogP contribution in [0.1, 0.15) is 46.0 Å². The van der Waals surface area contributed by atoms with Crippen LogP contribution in [-0.4, -0.2) is 30.8 Å². The van der Waals surface area contributed by atoms with Crippen molar-refractivity contribution >= 4 is 5.96 Å². The highest BCUT2D eigenvalue weighted by Gasteiger charge is 2.25. The third kappa shape index (κ3) is 4.19. The number of nitrogens with one attached hydrogen (secondary N) is 1. The van der Waals surface area contributed by atoms with Gasteiger partial charge in [0.2, 0.25) is 0 Å². The Morgan fingerprint density at radius 3 is 2.47 bits per heavy atom. The van der Waals surface area contributed by atoms with Gasteiger partial charge in [0.25, 0.3) is 0 Å². The molecule has 4 nitrogen and oxygen atoms in total. The van der Waals surface area contributed by atoms with E-state index in [0.29, 0.717) is 12.5 Å². The van der Waals surface area contributed by atoms with Gasteiger partial charge in [-0.1, -0.05) is 20.3 Å². The topological polar surface area (TPSA) is 70.6 Å². The number of aliphatic hydroxyl groups excluding tert-OH is 1. The lowest BCUT2D eigenvalue weighted by molar-refractivity contribution is 0.123. The summed E-state index contributed by atoms with van der Waals surface area (Å²) in [4.78, 5) is 4.36. The molecule has 1 aliphatic carbocycles. The van der Waals surface area contributed by atoms with Crippen molar-refractivity contribution in [2.24, 2.45) is 22.1 Å². The van der Waals surface area contributed by atoms with Crippen molar-refractivity contribution in [2.75, 3.05) is 19.7 Å². The summed E-state index contributed by atoms with van der Waals surface area (Å²) in [5.74, 6) is 1.31. The Labute approximate surface area is 105 Å². The predicted octanol–water partition coefficient (Wildman–Crippen LogP) is 1.49. The summed E-state index contributed by atoms with van der Waals surface area (Å²) in [7, 11) is 0. The van der Waals surface area contributed by atoms with Crippen LogP contribution in [0.15, 0.2) is 4.99 Å². The second-order valence-corrected chi connectivity index (χ2v) is 5.24. The highest BCUT2D eigenvalue weighted by atomic mass is 16.3. The molecule has 100 valence electrons. The van der Waals surface area contributed by atoms with Crippen molar-refractivity contribution in [3.63, 3.8) is 0 Å². The van der Waals surface area contributed by atoms with Crippen molar-refractivity contribution in [1.29, 1.82) is 0 Å². The number of guanidine groups is 1. The SMILES string of the molecule is CCC(CC)(CO)CN=C(N)NCC1CCC1. The molecule has 0 unspecified atom stereocenters. The molecule has 4 heteroatoms. The Kier molecular flexibility index (Phi) is 5.75. The van der Waals surface area contributed by atoms with Gasteiger partial charge in [-0.15, -0.1) is 0 Å². The van der Waals surface area contributed by atoms with E-state index in [1.165, 1.54) is 19.3 Å². The molecule has 0 aliphatic heterocycles. The van der Waals surface area contributed by atoms with E-state index in [1.807, 2.05) is 0 Å². The van der Waals surface area contributed by atoms with Gasteiger partial charge >= 0.3 is 0 Å². The summed E-state index contributed by atoms with van der Waals surface area (Å²) in [6.45, 7) is 5.92. The van der Waals surface area contributed by atoms with Crippen LogP contribution in [0.2, 0.25) is 0 Å². The van der Waals surface area contributed by atoms with E-state index in [9.17, 15) is 5.11 Å². The first-order valence-corrected chi connectivity index (χ1v) is 6.80. The highest BCUT2D eigenvalue weighted by Crippen LogP contribution is 2.26. The molecule has 17 heavy (non-hydrogen) atoms. The Morgan fingerprint density at radius 2 is 2.06 bits per heavy atom. The predicted molar refractivity (Wildman–Crippen MR) is 71.9 cm³/mol. The van der Waals surface area contributed by atoms with Gasteiger partial charge < -0.3 is 16.2 Å². The average Bonchev–Trinajstić information content (AvgIpc) is 2.30. The van der Waals surface area contributed by atoms with Gasteiger partial charge in [0.05, 0.1) is 13.2 Å². The fourth-order valence-electron chi connectivity index (χ4n) is 2.00. The molecule has 1 fully saturated rings. The van der Waals surface area contributed by atoms with Gasteiger partial charge in [-0.2, -0.15) is 0 Å². The second kappa shape index (κ2) is 6.84. The zero-order valence-electron chi connectivity index (χ0n) is 11.2. The molecule has 0 aromatic carbocycles. The molecule has 0 saturated heterocycles. The van der Waals surface area contributed by atoms with Crippen LogP contribution in [0, 0.1) is 11.3 Å². The number of aliphatic imine (C=N–C) groups is 1. The molecular weight excluding hydrogens is 214 g/mol. The third-order valence-electron chi connectivity index (χ3n) is 4.22. The lowest BCUT2D eigenvalue weighted by Crippen LogP contribution is -2.38. The maximum atomic E-state index is 9.42. The Bertz CT molecular complexity index is 237. The second-order valence-electron chi connectivity index (χ2n) is 5.24. The van der Waals surface area contributed by atoms with Crippen molar-refractivity contribution < 1.29 is 5.11 Å². The molecule has 0 amide bonds. The summed E-state index contributed by atoms with van der Waals surface area (Å²) in [6.07, 6.45) is 5.83. The number of hydrogen-bond donors (Lipinski definition) is 3. The monoisotopic (exact) mass is 241 g/mol. The van der Waals surface area contributed by atoms with Crippen LogP contribution < -0.4 is 11.1 Å². The lowest BCUT2D eigenvalue weighted by Gasteiger charge is -2.28. The lowest BCUT2D eigenvalue weighted by atomic mass is 9.83. The summed E-state index contributed by atoms with van der Waals surface area (Å²) in [5.41, 5.74) is 5.73. The van der Waals surface area contributed by atoms with Gasteiger partial charge in [0.1, 0.15) is 0 Å². The zero-order valence-corrected chi connectivity index (χ0v) is 11.2. The van der Waals surface area contributed by atoms with Gasteiger partial charge in [-0.05, 0) is 31.6 Å². The maximum absolute atomic E-state index is 9.42. The molecule has 0 spiro atoms. The first-order valence-electron chi connectivity index (χ1n) is 6.80. The highest BCUT2D eigenvalue weighted by molar-refractivity contribution is 5.77. The van der Waals surface area contributed by atoms with Gasteiger partial charge in [0, 0.05) is 12.0 Å². The third-order valence-corrected chi connectivity index (χ3v) is 4.22. The van der Waals surface area contributed by atoms with E-state index in [1.54, 1.807) is 0 Å². The van der Waals surface area contributed by atoms with E-state index in [4.69, 9.17) is 5.73 Å². The van der Waals surface area contributed by atoms with Crippen molar-refractivity contribution in [2.45, 2.75) is 46.0 Å². The molecule has 0 radical (unpaired) electrons. The summed E-state index contributed by atoms with van der Waals surface area (Å²) < 4.78 is 0. The van der Waals surface area contributed by atoms with Crippen molar-refractivity contribution in [1.82, 2.24) is 5.32 Å². The Morgan fingerprint density at radius 1 is 1.41 bits per heavy atom. The van der Waals surface area contributed by atoms with Crippen LogP contribution in [0.25, 0.3) is 0 Å². The molecule has 1 rings (SSSR count). The smallest absolute Gasteiger partial charge is 0.188 e. The molecule has 0 heterocycles. The van der Waals surface area contributed by atoms with Gasteiger partial charge in [-0.25, -0.2) is 0 Å². The minimum atomic E-state index is -0.0945. The van der Waals surface area contributed by atoms with Crippen molar-refractivity contribution in [3.05, 3.63) is 0 Å². The molecule has 4 N–H and O–H groups in total. The molecule has 0 bridgehead atoms. The van der Waals surface area contributed by atoms with Crippen LogP contribution in [0.3, 0.4) is 0 Å². The van der Waals surface area contributed by atoms with Crippen molar-refractivity contribution in [3.8, 4) is 0 Å². The number of hydrogen-bond acceptors (Lipinski definition) is 2. The molecule has 0 aromatic rings. The van der Waals surface area contributed by atoms with E-state index in [2.05, 4.69) is 24.2 Å². The molecule has 0 atom stereocenters. The molecular formula is C13H27N3O. The Balaban J connectivity index is 2.33. The minimum absolute atomic E-state index is 0.0945. The van der Waals surface area contributed by atoms with E-state index < -0.39 is 0 Å². The number of nitrogens with zero attached hydrogens (tertiary/aromatic N) is 1. The number of aliphatic hydroxyl groups is 1. The number of rotatable bonds is 7. The minimum Gasteiger partial charge on any atom is -0.396 e. The standard InChI is InChI=1S/C13H27N3O/c1-3-13(4-2,10-17)9-16-12(14)15-8-11-6-5-7-11/h11,17H,3-10H2,1-2H3,(H3,14,15,16). The quantitative estimate of drug-likeness (QED) is 0.467. The first kappa shape index (κ1) is 14.3. The normalized spacial score (nSPS) is 17.9. The van der Waals surface area contributed by atoms with Crippen LogP contribution in [0.4, 0.5) is 0 Å². The van der Waals surface area contributed by atoms with Gasteiger partial charge in [-0.3, -0.25) is 4.99 Å². The van der Waals surface area contributed by atoms with E-state index >= 15 is 0 Å². The summed E-state index contributed by atoms with van der Waals surface area (Å²) >= 11 is 0. The van der Waals surface area contributed by atoms with Crippen LogP contribution in [-0.2, 0) is 0 Å². The fraction of sp³-hybridized carbons (Fsp3) is 0.923. The summed E-state index contributed by atoms with van der Waals surface area (Å²) in [6, 6.07) is 0. The maximum Gasteiger partial charge on any atom is 0.188 e. The molecule has 0 aromatic heterocycles. The molecule has 1 aliphatic rings. The fourth-order valence-corrected chi connectivity index (χ4v) is 2.00. The van der Waals surface area contributed by atoms with Crippen LogP contribution >= 0.6 is 0 Å². The van der Waals surface area contributed by atoms with E-state index in [-0.39, 0.29) is 12.0 Å². The number of nitrogens with two attached hydrogens (primary N) is 1. The first-order chi connectivity index (χ1) is 8.15. The Hall–Kier alpha value is -0.770. The van der Waals surface area contributed by atoms with Crippen LogP contribution in [0.5, 0.6) is 0 Å². The zero-order chi connectivity index (χ0) is 12.7. The van der Waals surface area contributed by atoms with Gasteiger partial charge in [0.15, 0.2) is 5.96 Å². The largest absolute Gasteiger partial charge is 0.396 e. The molecule has 1 saturated carbocycles. The van der Waals surface area contributed by atoms with E-state index in [0.717, 1.165) is 25.3 Å². The summed E-state index contributed by atoms with van der Waals surface area (Å²) in [5, 5.41) is 12.6. The average molecular weight is 241 g/mol.